The van der Waals surface area contributed by atoms with Gasteiger partial charge in [-0.1, -0.05) is 6.07 Å². The summed E-state index contributed by atoms with van der Waals surface area (Å²) in [5.74, 6) is -0.527. The Hall–Kier alpha value is -2.96. The van der Waals surface area contributed by atoms with Crippen molar-refractivity contribution >= 4 is 39.1 Å². The SMILES string of the molecule is COC(=O)CCCNC(=O)C1CC(NC(=O)Cc2cccs2)CCN1S(=O)(=O)c1ccc(OC)cc1. The van der Waals surface area contributed by atoms with E-state index in [-0.39, 0.29) is 55.2 Å². The monoisotopic (exact) mass is 537 g/mol. The molecule has 1 aromatic heterocycles. The topological polar surface area (TPSA) is 131 Å². The Bertz CT molecular complexity index is 1130. The van der Waals surface area contributed by atoms with Gasteiger partial charge in [0.1, 0.15) is 11.8 Å². The van der Waals surface area contributed by atoms with Gasteiger partial charge in [-0.05, 0) is 55.0 Å². The number of hydrogen-bond donors (Lipinski definition) is 2. The number of hydrogen-bond acceptors (Lipinski definition) is 8. The van der Waals surface area contributed by atoms with Crippen molar-refractivity contribution in [3.63, 3.8) is 0 Å². The van der Waals surface area contributed by atoms with Gasteiger partial charge in [-0.15, -0.1) is 11.3 Å². The van der Waals surface area contributed by atoms with Crippen LogP contribution < -0.4 is 15.4 Å². The van der Waals surface area contributed by atoms with Crippen molar-refractivity contribution < 1.29 is 32.3 Å². The van der Waals surface area contributed by atoms with Gasteiger partial charge in [0.2, 0.25) is 21.8 Å². The zero-order valence-electron chi connectivity index (χ0n) is 20.3. The molecule has 1 fully saturated rings. The van der Waals surface area contributed by atoms with E-state index in [2.05, 4.69) is 15.4 Å². The molecule has 1 aliphatic rings. The number of benzene rings is 1. The van der Waals surface area contributed by atoms with Crippen molar-refractivity contribution in [2.45, 2.75) is 49.1 Å². The lowest BCUT2D eigenvalue weighted by Gasteiger charge is -2.37. The number of thiophene rings is 1. The van der Waals surface area contributed by atoms with Crippen molar-refractivity contribution in [1.29, 1.82) is 0 Å². The minimum atomic E-state index is -3.99. The molecular formula is C24H31N3O7S2. The molecule has 10 nitrogen and oxygen atoms in total. The molecule has 0 aliphatic carbocycles. The van der Waals surface area contributed by atoms with Crippen molar-refractivity contribution in [2.24, 2.45) is 0 Å². The number of sulfonamides is 1. The molecule has 196 valence electrons. The van der Waals surface area contributed by atoms with Gasteiger partial charge < -0.3 is 20.1 Å². The van der Waals surface area contributed by atoms with Crippen LogP contribution in [0.15, 0.2) is 46.7 Å². The van der Waals surface area contributed by atoms with Crippen LogP contribution in [0.5, 0.6) is 5.75 Å². The first-order valence-electron chi connectivity index (χ1n) is 11.6. The fraction of sp³-hybridized carbons (Fsp3) is 0.458. The molecule has 2 atom stereocenters. The van der Waals surface area contributed by atoms with E-state index in [1.807, 2.05) is 17.5 Å². The summed E-state index contributed by atoms with van der Waals surface area (Å²) in [6.07, 6.45) is 1.23. The molecule has 36 heavy (non-hydrogen) atoms. The summed E-state index contributed by atoms with van der Waals surface area (Å²) in [5.41, 5.74) is 0. The van der Waals surface area contributed by atoms with Crippen LogP contribution in [0.25, 0.3) is 0 Å². The lowest BCUT2D eigenvalue weighted by atomic mass is 9.98. The predicted octanol–water partition coefficient (Wildman–Crippen LogP) is 1.71. The van der Waals surface area contributed by atoms with Crippen LogP contribution in [0.2, 0.25) is 0 Å². The van der Waals surface area contributed by atoms with Gasteiger partial charge in [-0.25, -0.2) is 8.42 Å². The molecule has 2 N–H and O–H groups in total. The van der Waals surface area contributed by atoms with Crippen LogP contribution in [0.1, 0.15) is 30.6 Å². The van der Waals surface area contributed by atoms with Crippen LogP contribution in [0.3, 0.4) is 0 Å². The average Bonchev–Trinajstić information content (AvgIpc) is 3.39. The zero-order chi connectivity index (χ0) is 26.1. The molecule has 1 saturated heterocycles. The summed E-state index contributed by atoms with van der Waals surface area (Å²) in [4.78, 5) is 38.0. The maximum Gasteiger partial charge on any atom is 0.305 e. The van der Waals surface area contributed by atoms with Gasteiger partial charge in [0.15, 0.2) is 0 Å². The van der Waals surface area contributed by atoms with Crippen LogP contribution in [0, 0.1) is 0 Å². The summed E-state index contributed by atoms with van der Waals surface area (Å²) in [5, 5.41) is 7.57. The Morgan fingerprint density at radius 2 is 1.89 bits per heavy atom. The number of methoxy groups -OCH3 is 2. The van der Waals surface area contributed by atoms with Crippen molar-refractivity contribution in [3.8, 4) is 5.75 Å². The minimum Gasteiger partial charge on any atom is -0.497 e. The third-order valence-electron chi connectivity index (χ3n) is 5.89. The Labute approximate surface area is 215 Å². The number of amides is 2. The summed E-state index contributed by atoms with van der Waals surface area (Å²) in [7, 11) is -1.21. The predicted molar refractivity (Wildman–Crippen MR) is 134 cm³/mol. The molecular weight excluding hydrogens is 506 g/mol. The van der Waals surface area contributed by atoms with E-state index in [4.69, 9.17) is 4.74 Å². The largest absolute Gasteiger partial charge is 0.497 e. The van der Waals surface area contributed by atoms with Crippen LogP contribution in [-0.2, 0) is 35.6 Å². The standard InChI is InChI=1S/C24H31N3O7S2/c1-33-18-7-9-20(10-8-18)36(31,32)27-13-11-17(26-22(28)16-19-5-4-14-35-19)15-21(27)24(30)25-12-3-6-23(29)34-2/h4-5,7-10,14,17,21H,3,6,11-13,15-16H2,1-2H3,(H,25,30)(H,26,28). The first kappa shape index (κ1) is 27.6. The molecule has 3 rings (SSSR count). The van der Waals surface area contributed by atoms with Crippen LogP contribution >= 0.6 is 11.3 Å². The average molecular weight is 538 g/mol. The highest BCUT2D eigenvalue weighted by Gasteiger charge is 2.41. The Balaban J connectivity index is 1.73. The second kappa shape index (κ2) is 12.8. The highest BCUT2D eigenvalue weighted by Crippen LogP contribution is 2.27. The fourth-order valence-electron chi connectivity index (χ4n) is 4.00. The number of rotatable bonds is 11. The maximum absolute atomic E-state index is 13.5. The lowest BCUT2D eigenvalue weighted by molar-refractivity contribution is -0.140. The van der Waals surface area contributed by atoms with Crippen molar-refractivity contribution in [2.75, 3.05) is 27.3 Å². The summed E-state index contributed by atoms with van der Waals surface area (Å²) in [6, 6.07) is 8.35. The van der Waals surface area contributed by atoms with Crippen molar-refractivity contribution in [1.82, 2.24) is 14.9 Å². The highest BCUT2D eigenvalue weighted by molar-refractivity contribution is 7.89. The fourth-order valence-corrected chi connectivity index (χ4v) is 6.31. The van der Waals surface area contributed by atoms with Gasteiger partial charge >= 0.3 is 5.97 Å². The van der Waals surface area contributed by atoms with Crippen LogP contribution in [0.4, 0.5) is 0 Å². The number of nitrogens with one attached hydrogen (secondary N) is 2. The van der Waals surface area contributed by atoms with Gasteiger partial charge in [0.05, 0.1) is 25.5 Å². The minimum absolute atomic E-state index is 0.0481. The van der Waals surface area contributed by atoms with Gasteiger partial charge in [0.25, 0.3) is 0 Å². The van der Waals surface area contributed by atoms with E-state index in [1.165, 1.54) is 42.0 Å². The molecule has 1 aromatic carbocycles. The normalized spacial score (nSPS) is 18.3. The molecule has 12 heteroatoms. The second-order valence-corrected chi connectivity index (χ2v) is 11.2. The van der Waals surface area contributed by atoms with E-state index in [9.17, 15) is 22.8 Å². The molecule has 2 aromatic rings. The van der Waals surface area contributed by atoms with Crippen LogP contribution in [-0.4, -0.2) is 69.9 Å². The van der Waals surface area contributed by atoms with E-state index < -0.39 is 22.0 Å². The first-order chi connectivity index (χ1) is 17.2. The quantitative estimate of drug-likeness (QED) is 0.330. The molecule has 0 bridgehead atoms. The number of piperidine rings is 1. The maximum atomic E-state index is 13.5. The summed E-state index contributed by atoms with van der Waals surface area (Å²) >= 11 is 1.48. The molecule has 2 unspecified atom stereocenters. The lowest BCUT2D eigenvalue weighted by Crippen LogP contribution is -2.57. The number of esters is 1. The smallest absolute Gasteiger partial charge is 0.305 e. The van der Waals surface area contributed by atoms with E-state index >= 15 is 0 Å². The Morgan fingerprint density at radius 3 is 2.53 bits per heavy atom. The number of ether oxygens (including phenoxy) is 2. The first-order valence-corrected chi connectivity index (χ1v) is 13.9. The molecule has 2 amide bonds. The second-order valence-electron chi connectivity index (χ2n) is 8.32. The van der Waals surface area contributed by atoms with Gasteiger partial charge in [0, 0.05) is 30.4 Å². The van der Waals surface area contributed by atoms with Crippen molar-refractivity contribution in [3.05, 3.63) is 46.7 Å². The molecule has 0 radical (unpaired) electrons. The molecule has 0 spiro atoms. The van der Waals surface area contributed by atoms with E-state index in [1.54, 1.807) is 12.1 Å². The highest BCUT2D eigenvalue weighted by atomic mass is 32.2. The molecule has 2 heterocycles. The van der Waals surface area contributed by atoms with E-state index in [0.29, 0.717) is 18.6 Å². The zero-order valence-corrected chi connectivity index (χ0v) is 21.9. The third-order valence-corrected chi connectivity index (χ3v) is 8.69. The number of carbonyl (C=O) groups excluding carboxylic acids is 3. The summed E-state index contributed by atoms with van der Waals surface area (Å²) < 4.78 is 37.8. The Morgan fingerprint density at radius 1 is 1.14 bits per heavy atom. The Kier molecular flexibility index (Phi) is 9.85. The van der Waals surface area contributed by atoms with Gasteiger partial charge in [-0.3, -0.25) is 14.4 Å². The van der Waals surface area contributed by atoms with Gasteiger partial charge in [-0.2, -0.15) is 4.31 Å². The number of nitrogens with zero attached hydrogens (tertiary/aromatic N) is 1. The third kappa shape index (κ3) is 7.28. The molecule has 1 aliphatic heterocycles. The van der Waals surface area contributed by atoms with E-state index in [0.717, 1.165) is 4.88 Å². The number of carbonyl (C=O) groups is 3. The summed E-state index contributed by atoms with van der Waals surface area (Å²) in [6.45, 7) is 0.259. The molecule has 0 saturated carbocycles.